The Morgan fingerprint density at radius 3 is 2.53 bits per heavy atom. The zero-order chi connectivity index (χ0) is 13.8. The van der Waals surface area contributed by atoms with Crippen molar-refractivity contribution in [1.29, 1.82) is 0 Å². The van der Waals surface area contributed by atoms with Gasteiger partial charge in [-0.25, -0.2) is 0 Å². The first kappa shape index (κ1) is 14.8. The van der Waals surface area contributed by atoms with Crippen LogP contribution in [0.15, 0.2) is 46.9 Å². The van der Waals surface area contributed by atoms with Crippen molar-refractivity contribution < 1.29 is 9.84 Å². The number of hydrogen-bond donors (Lipinski definition) is 1. The summed E-state index contributed by atoms with van der Waals surface area (Å²) < 4.78 is 7.18. The van der Waals surface area contributed by atoms with Gasteiger partial charge < -0.3 is 9.84 Å². The molecule has 0 aliphatic carbocycles. The molecule has 0 spiro atoms. The highest BCUT2D eigenvalue weighted by atomic mass is 127. The molecule has 2 aromatic rings. The highest BCUT2D eigenvalue weighted by Crippen LogP contribution is 2.27. The molecule has 0 saturated heterocycles. The zero-order valence-electron chi connectivity index (χ0n) is 10.4. The Morgan fingerprint density at radius 2 is 1.89 bits per heavy atom. The molecule has 19 heavy (non-hydrogen) atoms. The Labute approximate surface area is 135 Å². The van der Waals surface area contributed by atoms with Gasteiger partial charge in [-0.3, -0.25) is 0 Å². The van der Waals surface area contributed by atoms with Gasteiger partial charge in [-0.15, -0.1) is 0 Å². The van der Waals surface area contributed by atoms with Crippen molar-refractivity contribution in [3.05, 3.63) is 61.6 Å². The molecule has 0 bridgehead atoms. The van der Waals surface area contributed by atoms with Crippen LogP contribution in [0.5, 0.6) is 5.75 Å². The SMILES string of the molecule is COc1ccc(CC(O)c2cc(Br)ccc2I)cc1. The minimum absolute atomic E-state index is 0.502. The number of ether oxygens (including phenoxy) is 1. The van der Waals surface area contributed by atoms with E-state index in [0.717, 1.165) is 24.9 Å². The fraction of sp³-hybridized carbons (Fsp3) is 0.200. The lowest BCUT2D eigenvalue weighted by atomic mass is 10.0. The molecule has 0 aliphatic rings. The van der Waals surface area contributed by atoms with E-state index < -0.39 is 6.10 Å². The van der Waals surface area contributed by atoms with Gasteiger partial charge in [-0.2, -0.15) is 0 Å². The molecule has 2 rings (SSSR count). The van der Waals surface area contributed by atoms with Crippen molar-refractivity contribution in [1.82, 2.24) is 0 Å². The molecule has 100 valence electrons. The van der Waals surface area contributed by atoms with Crippen molar-refractivity contribution in [3.8, 4) is 5.75 Å². The van der Waals surface area contributed by atoms with Gasteiger partial charge in [0.25, 0.3) is 0 Å². The summed E-state index contributed by atoms with van der Waals surface area (Å²) in [4.78, 5) is 0. The maximum atomic E-state index is 10.3. The molecule has 0 fully saturated rings. The number of benzene rings is 2. The Kier molecular flexibility index (Phi) is 5.24. The lowest BCUT2D eigenvalue weighted by Crippen LogP contribution is -2.04. The normalized spacial score (nSPS) is 12.2. The number of aliphatic hydroxyl groups excluding tert-OH is 1. The van der Waals surface area contributed by atoms with Crippen LogP contribution < -0.4 is 4.74 Å². The van der Waals surface area contributed by atoms with Gasteiger partial charge in [0.2, 0.25) is 0 Å². The molecule has 0 saturated carbocycles. The molecular formula is C15H14BrIO2. The van der Waals surface area contributed by atoms with Crippen molar-refractivity contribution in [2.75, 3.05) is 7.11 Å². The Hall–Kier alpha value is -0.590. The second-order valence-electron chi connectivity index (χ2n) is 4.23. The molecule has 2 nitrogen and oxygen atoms in total. The molecule has 0 aliphatic heterocycles. The fourth-order valence-corrected chi connectivity index (χ4v) is 2.94. The second kappa shape index (κ2) is 6.72. The number of hydrogen-bond acceptors (Lipinski definition) is 2. The van der Waals surface area contributed by atoms with Crippen molar-refractivity contribution in [2.24, 2.45) is 0 Å². The molecule has 0 radical (unpaired) electrons. The Bertz CT molecular complexity index is 555. The van der Waals surface area contributed by atoms with Crippen LogP contribution in [-0.4, -0.2) is 12.2 Å². The summed E-state index contributed by atoms with van der Waals surface area (Å²) in [7, 11) is 1.65. The van der Waals surface area contributed by atoms with Gasteiger partial charge in [0, 0.05) is 14.5 Å². The molecule has 1 atom stereocenters. The van der Waals surface area contributed by atoms with Gasteiger partial charge in [-0.05, 0) is 64.0 Å². The Morgan fingerprint density at radius 1 is 1.21 bits per heavy atom. The van der Waals surface area contributed by atoms with Gasteiger partial charge >= 0.3 is 0 Å². The van der Waals surface area contributed by atoms with Crippen LogP contribution in [0.1, 0.15) is 17.2 Å². The average molecular weight is 433 g/mol. The number of rotatable bonds is 4. The molecule has 0 amide bonds. The zero-order valence-corrected chi connectivity index (χ0v) is 14.2. The van der Waals surface area contributed by atoms with Gasteiger partial charge in [0.15, 0.2) is 0 Å². The summed E-state index contributed by atoms with van der Waals surface area (Å²) in [5, 5.41) is 10.3. The van der Waals surface area contributed by atoms with Crippen LogP contribution >= 0.6 is 38.5 Å². The second-order valence-corrected chi connectivity index (χ2v) is 6.31. The molecule has 0 heterocycles. The predicted molar refractivity (Wildman–Crippen MR) is 88.5 cm³/mol. The summed E-state index contributed by atoms with van der Waals surface area (Å²) in [5.74, 6) is 0.829. The highest BCUT2D eigenvalue weighted by molar-refractivity contribution is 14.1. The third-order valence-corrected chi connectivity index (χ3v) is 4.38. The van der Waals surface area contributed by atoms with E-state index in [0.29, 0.717) is 6.42 Å². The predicted octanol–water partition coefficient (Wildman–Crippen LogP) is 4.34. The minimum atomic E-state index is -0.502. The number of methoxy groups -OCH3 is 1. The summed E-state index contributed by atoms with van der Waals surface area (Å²) >= 11 is 5.68. The first-order valence-corrected chi connectivity index (χ1v) is 7.73. The van der Waals surface area contributed by atoms with E-state index in [1.165, 1.54) is 0 Å². The first-order valence-electron chi connectivity index (χ1n) is 5.86. The maximum absolute atomic E-state index is 10.3. The van der Waals surface area contributed by atoms with Crippen LogP contribution in [0.4, 0.5) is 0 Å². The van der Waals surface area contributed by atoms with E-state index in [4.69, 9.17) is 4.74 Å². The summed E-state index contributed by atoms with van der Waals surface area (Å²) in [6.07, 6.45) is 0.0917. The largest absolute Gasteiger partial charge is 0.497 e. The van der Waals surface area contributed by atoms with Crippen LogP contribution in [-0.2, 0) is 6.42 Å². The van der Waals surface area contributed by atoms with E-state index in [9.17, 15) is 5.11 Å². The standard InChI is InChI=1S/C15H14BrIO2/c1-19-12-5-2-10(3-6-12)8-15(18)13-9-11(16)4-7-14(13)17/h2-7,9,15,18H,8H2,1H3. The van der Waals surface area contributed by atoms with E-state index >= 15 is 0 Å². The number of aliphatic hydroxyl groups is 1. The molecule has 1 unspecified atom stereocenters. The molecule has 1 N–H and O–H groups in total. The molecular weight excluding hydrogens is 419 g/mol. The first-order chi connectivity index (χ1) is 9.10. The monoisotopic (exact) mass is 432 g/mol. The average Bonchev–Trinajstić information content (AvgIpc) is 2.42. The molecule has 2 aromatic carbocycles. The van der Waals surface area contributed by atoms with Gasteiger partial charge in [0.05, 0.1) is 13.2 Å². The maximum Gasteiger partial charge on any atom is 0.118 e. The van der Waals surface area contributed by atoms with Crippen LogP contribution in [0.2, 0.25) is 0 Å². The van der Waals surface area contributed by atoms with Crippen LogP contribution in [0.25, 0.3) is 0 Å². The lowest BCUT2D eigenvalue weighted by Gasteiger charge is -2.14. The van der Waals surface area contributed by atoms with Crippen molar-refractivity contribution >= 4 is 38.5 Å². The van der Waals surface area contributed by atoms with E-state index in [-0.39, 0.29) is 0 Å². The third-order valence-electron chi connectivity index (χ3n) is 2.91. The van der Waals surface area contributed by atoms with E-state index in [2.05, 4.69) is 38.5 Å². The fourth-order valence-electron chi connectivity index (χ4n) is 1.86. The molecule has 4 heteroatoms. The smallest absolute Gasteiger partial charge is 0.118 e. The lowest BCUT2D eigenvalue weighted by molar-refractivity contribution is 0.177. The summed E-state index contributed by atoms with van der Waals surface area (Å²) in [6.45, 7) is 0. The topological polar surface area (TPSA) is 29.5 Å². The van der Waals surface area contributed by atoms with Gasteiger partial charge in [0.1, 0.15) is 5.75 Å². The van der Waals surface area contributed by atoms with Crippen molar-refractivity contribution in [2.45, 2.75) is 12.5 Å². The quantitative estimate of drug-likeness (QED) is 0.728. The van der Waals surface area contributed by atoms with Crippen LogP contribution in [0.3, 0.4) is 0 Å². The molecule has 0 aromatic heterocycles. The third kappa shape index (κ3) is 3.94. The summed E-state index contributed by atoms with van der Waals surface area (Å²) in [5.41, 5.74) is 2.04. The van der Waals surface area contributed by atoms with Crippen molar-refractivity contribution in [3.63, 3.8) is 0 Å². The van der Waals surface area contributed by atoms with E-state index in [1.807, 2.05) is 42.5 Å². The van der Waals surface area contributed by atoms with Gasteiger partial charge in [-0.1, -0.05) is 28.1 Å². The number of halogens is 2. The minimum Gasteiger partial charge on any atom is -0.497 e. The Balaban J connectivity index is 2.15. The van der Waals surface area contributed by atoms with E-state index in [1.54, 1.807) is 7.11 Å². The van der Waals surface area contributed by atoms with Crippen LogP contribution in [0, 0.1) is 3.57 Å². The summed E-state index contributed by atoms with van der Waals surface area (Å²) in [6, 6.07) is 13.7. The highest BCUT2D eigenvalue weighted by Gasteiger charge is 2.12.